The van der Waals surface area contributed by atoms with Gasteiger partial charge in [0.05, 0.1) is 18.8 Å². The fourth-order valence-corrected chi connectivity index (χ4v) is 7.64. The molecule has 3 saturated carbocycles. The average molecular weight is 363 g/mol. The smallest absolute Gasteiger partial charge is 0.0631 e. The first-order valence-corrected chi connectivity index (χ1v) is 11.1. The summed E-state index contributed by atoms with van der Waals surface area (Å²) < 4.78 is 6.31. The number of hydrogen-bond acceptors (Lipinski definition) is 3. The van der Waals surface area contributed by atoms with Crippen LogP contribution >= 0.6 is 0 Å². The molecule has 0 aromatic heterocycles. The molecule has 3 fully saturated rings. The van der Waals surface area contributed by atoms with Gasteiger partial charge in [0.15, 0.2) is 0 Å². The minimum absolute atomic E-state index is 0.0457. The Bertz CT molecular complexity index is 570. The summed E-state index contributed by atoms with van der Waals surface area (Å²) in [7, 11) is 0. The van der Waals surface area contributed by atoms with Crippen molar-refractivity contribution in [3.8, 4) is 0 Å². The summed E-state index contributed by atoms with van der Waals surface area (Å²) in [5, 5.41) is 20.8. The van der Waals surface area contributed by atoms with Crippen molar-refractivity contribution in [2.45, 2.75) is 90.8 Å². The molecule has 7 atom stereocenters. The van der Waals surface area contributed by atoms with Crippen LogP contribution in [-0.4, -0.2) is 35.6 Å². The Morgan fingerprint density at radius 2 is 1.88 bits per heavy atom. The Morgan fingerprint density at radius 1 is 1.08 bits per heavy atom. The molecule has 4 aliphatic rings. The van der Waals surface area contributed by atoms with Crippen molar-refractivity contribution in [1.82, 2.24) is 0 Å². The molecule has 0 radical (unpaired) electrons. The van der Waals surface area contributed by atoms with E-state index in [1.54, 1.807) is 0 Å². The summed E-state index contributed by atoms with van der Waals surface area (Å²) in [5.74, 6) is 2.02. The highest BCUT2D eigenvalue weighted by atomic mass is 16.5. The molecule has 4 aliphatic carbocycles. The standard InChI is InChI=1S/C23H38O3/c1-4-11-26-21-6-5-18-17-12-15(2)20-13-16(25)7-10-23(20,14-24)19(17)8-9-22(18,21)3/h16-19,21,24-25H,4-14H2,1-3H3/t16?,17-,18-,19+,21?,22-,23-/m0/s1. The van der Waals surface area contributed by atoms with E-state index in [0.29, 0.717) is 23.4 Å². The van der Waals surface area contributed by atoms with Crippen molar-refractivity contribution >= 4 is 0 Å². The number of fused-ring (bicyclic) bond motifs is 5. The third-order valence-corrected chi connectivity index (χ3v) is 8.89. The molecule has 0 aromatic carbocycles. The van der Waals surface area contributed by atoms with Gasteiger partial charge in [0.2, 0.25) is 0 Å². The molecule has 0 spiro atoms. The monoisotopic (exact) mass is 362 g/mol. The second-order valence-electron chi connectivity index (χ2n) is 10.0. The lowest BCUT2D eigenvalue weighted by molar-refractivity contribution is -0.106. The summed E-state index contributed by atoms with van der Waals surface area (Å²) in [6.45, 7) is 8.13. The van der Waals surface area contributed by atoms with E-state index in [1.807, 2.05) is 0 Å². The zero-order chi connectivity index (χ0) is 18.5. The van der Waals surface area contributed by atoms with E-state index in [-0.39, 0.29) is 18.1 Å². The Morgan fingerprint density at radius 3 is 2.62 bits per heavy atom. The van der Waals surface area contributed by atoms with Gasteiger partial charge >= 0.3 is 0 Å². The van der Waals surface area contributed by atoms with E-state index in [4.69, 9.17) is 4.74 Å². The highest BCUT2D eigenvalue weighted by Crippen LogP contribution is 2.66. The molecule has 148 valence electrons. The van der Waals surface area contributed by atoms with Crippen LogP contribution in [0.2, 0.25) is 0 Å². The molecule has 2 N–H and O–H groups in total. The van der Waals surface area contributed by atoms with Gasteiger partial charge in [0, 0.05) is 12.0 Å². The predicted octanol–water partition coefficient (Wildman–Crippen LogP) is 4.47. The fourth-order valence-electron chi connectivity index (χ4n) is 7.64. The van der Waals surface area contributed by atoms with E-state index in [2.05, 4.69) is 20.8 Å². The first-order valence-electron chi connectivity index (χ1n) is 11.1. The normalized spacial score (nSPS) is 48.1. The van der Waals surface area contributed by atoms with Crippen molar-refractivity contribution in [2.75, 3.05) is 13.2 Å². The Hall–Kier alpha value is -0.380. The van der Waals surface area contributed by atoms with Gasteiger partial charge in [-0.05, 0) is 87.9 Å². The number of aliphatic hydroxyl groups is 2. The van der Waals surface area contributed by atoms with Crippen LogP contribution in [0.15, 0.2) is 11.1 Å². The predicted molar refractivity (Wildman–Crippen MR) is 104 cm³/mol. The van der Waals surface area contributed by atoms with E-state index >= 15 is 0 Å². The number of rotatable bonds is 4. The number of ether oxygens (including phenoxy) is 1. The van der Waals surface area contributed by atoms with Gasteiger partial charge in [-0.15, -0.1) is 0 Å². The van der Waals surface area contributed by atoms with Gasteiger partial charge < -0.3 is 14.9 Å². The average Bonchev–Trinajstić information content (AvgIpc) is 2.97. The summed E-state index contributed by atoms with van der Waals surface area (Å²) in [6, 6.07) is 0. The molecule has 2 unspecified atom stereocenters. The van der Waals surface area contributed by atoms with Crippen molar-refractivity contribution in [3.63, 3.8) is 0 Å². The topological polar surface area (TPSA) is 49.7 Å². The lowest BCUT2D eigenvalue weighted by atomic mass is 9.46. The molecule has 4 rings (SSSR count). The van der Waals surface area contributed by atoms with Gasteiger partial charge in [0.1, 0.15) is 0 Å². The third-order valence-electron chi connectivity index (χ3n) is 8.89. The summed E-state index contributed by atoms with van der Waals surface area (Å²) >= 11 is 0. The molecule has 26 heavy (non-hydrogen) atoms. The molecule has 0 aromatic rings. The maximum atomic E-state index is 10.6. The lowest BCUT2D eigenvalue weighted by Gasteiger charge is -2.59. The van der Waals surface area contributed by atoms with Crippen LogP contribution in [0.5, 0.6) is 0 Å². The number of allylic oxidation sites excluding steroid dienone is 1. The molecule has 0 aliphatic heterocycles. The van der Waals surface area contributed by atoms with Crippen LogP contribution in [0, 0.1) is 28.6 Å². The van der Waals surface area contributed by atoms with E-state index < -0.39 is 0 Å². The van der Waals surface area contributed by atoms with Crippen molar-refractivity contribution in [3.05, 3.63) is 11.1 Å². The van der Waals surface area contributed by atoms with Crippen LogP contribution < -0.4 is 0 Å². The highest BCUT2D eigenvalue weighted by molar-refractivity contribution is 5.31. The molecule has 3 heteroatoms. The zero-order valence-electron chi connectivity index (χ0n) is 17.0. The molecule has 0 bridgehead atoms. The van der Waals surface area contributed by atoms with Crippen LogP contribution in [0.1, 0.15) is 78.6 Å². The number of aliphatic hydroxyl groups excluding tert-OH is 2. The van der Waals surface area contributed by atoms with Crippen molar-refractivity contribution in [2.24, 2.45) is 28.6 Å². The second-order valence-corrected chi connectivity index (χ2v) is 10.0. The van der Waals surface area contributed by atoms with Gasteiger partial charge in [0.25, 0.3) is 0 Å². The maximum Gasteiger partial charge on any atom is 0.0631 e. The Balaban J connectivity index is 1.65. The van der Waals surface area contributed by atoms with Gasteiger partial charge in [-0.2, -0.15) is 0 Å². The molecular formula is C23H38O3. The fraction of sp³-hybridized carbons (Fsp3) is 0.913. The van der Waals surface area contributed by atoms with Crippen LogP contribution in [-0.2, 0) is 4.74 Å². The maximum absolute atomic E-state index is 10.6. The van der Waals surface area contributed by atoms with Crippen LogP contribution in [0.3, 0.4) is 0 Å². The number of hydrogen-bond donors (Lipinski definition) is 2. The summed E-state index contributed by atoms with van der Waals surface area (Å²) in [4.78, 5) is 0. The first-order chi connectivity index (χ1) is 12.5. The summed E-state index contributed by atoms with van der Waals surface area (Å²) in [6.07, 6.45) is 10.1. The SMILES string of the molecule is CCCOC1CC[C@H]2[C@@H]3CC(C)=C4CC(O)CC[C@]4(CO)[C@@H]3CC[C@]12C. The minimum atomic E-state index is -0.205. The molecule has 0 heterocycles. The Labute approximate surface area is 159 Å². The minimum Gasteiger partial charge on any atom is -0.395 e. The van der Waals surface area contributed by atoms with E-state index in [1.165, 1.54) is 43.3 Å². The zero-order valence-corrected chi connectivity index (χ0v) is 17.0. The second kappa shape index (κ2) is 6.90. The third kappa shape index (κ3) is 2.64. The van der Waals surface area contributed by atoms with Crippen LogP contribution in [0.4, 0.5) is 0 Å². The Kier molecular flexibility index (Phi) is 5.03. The largest absolute Gasteiger partial charge is 0.395 e. The van der Waals surface area contributed by atoms with E-state index in [9.17, 15) is 10.2 Å². The molecular weight excluding hydrogens is 324 g/mol. The van der Waals surface area contributed by atoms with E-state index in [0.717, 1.165) is 38.2 Å². The van der Waals surface area contributed by atoms with Crippen LogP contribution in [0.25, 0.3) is 0 Å². The summed E-state index contributed by atoms with van der Waals surface area (Å²) in [5.41, 5.74) is 3.16. The van der Waals surface area contributed by atoms with Gasteiger partial charge in [-0.3, -0.25) is 0 Å². The van der Waals surface area contributed by atoms with Gasteiger partial charge in [-0.1, -0.05) is 25.0 Å². The van der Waals surface area contributed by atoms with Crippen molar-refractivity contribution in [1.29, 1.82) is 0 Å². The molecule has 3 nitrogen and oxygen atoms in total. The highest BCUT2D eigenvalue weighted by Gasteiger charge is 2.60. The van der Waals surface area contributed by atoms with Gasteiger partial charge in [-0.25, -0.2) is 0 Å². The first kappa shape index (κ1) is 19.0. The molecule has 0 saturated heterocycles. The van der Waals surface area contributed by atoms with Crippen molar-refractivity contribution < 1.29 is 14.9 Å². The lowest BCUT2D eigenvalue weighted by Crippen LogP contribution is -2.54. The quantitative estimate of drug-likeness (QED) is 0.726. The molecule has 0 amide bonds.